The molecule has 2 N–H and O–H groups in total. The lowest BCUT2D eigenvalue weighted by atomic mass is 10.2. The smallest absolute Gasteiger partial charge is 0.187 e. The molecule has 4 aromatic rings. The van der Waals surface area contributed by atoms with E-state index >= 15 is 0 Å². The molecular weight excluding hydrogens is 429 g/mol. The summed E-state index contributed by atoms with van der Waals surface area (Å²) in [5.74, 6) is 0. The van der Waals surface area contributed by atoms with Crippen LogP contribution in [0.1, 0.15) is 5.56 Å². The predicted molar refractivity (Wildman–Crippen MR) is 114 cm³/mol. The average molecular weight is 448 g/mol. The van der Waals surface area contributed by atoms with Gasteiger partial charge in [0.05, 0.1) is 0 Å². The Morgan fingerprint density at radius 3 is 1.75 bits per heavy atom. The zero-order valence-electron chi connectivity index (χ0n) is 13.4. The number of nitrogens with two attached hydrogens (primary N) is 1. The molecule has 4 rings (SSSR count). The summed E-state index contributed by atoms with van der Waals surface area (Å²) in [6, 6.07) is 26.2. The minimum absolute atomic E-state index is 0.00837. The van der Waals surface area contributed by atoms with Crippen LogP contribution >= 0.6 is 33.5 Å². The van der Waals surface area contributed by atoms with Crippen LogP contribution in [-0.2, 0) is 9.61 Å². The molecular formula is C20H19INOS+. The fraction of sp³-hybridized carbons (Fsp3) is 0.100. The van der Waals surface area contributed by atoms with E-state index in [0.29, 0.717) is 6.54 Å². The highest BCUT2D eigenvalue weighted by Gasteiger charge is 2.22. The van der Waals surface area contributed by atoms with Crippen LogP contribution in [0, 0.1) is 0 Å². The molecule has 1 aromatic heterocycles. The van der Waals surface area contributed by atoms with Crippen LogP contribution < -0.4 is 5.73 Å². The Balaban J connectivity index is 0.000000526. The molecule has 0 fully saturated rings. The van der Waals surface area contributed by atoms with Crippen molar-refractivity contribution >= 4 is 53.6 Å². The SMILES string of the molecule is COI.NCc1ccc(-[s+]2c3ccccc3c3ccccc32)cc1. The van der Waals surface area contributed by atoms with Gasteiger partial charge in [-0.3, -0.25) is 0 Å². The highest BCUT2D eigenvalue weighted by molar-refractivity contribution is 14.1. The molecule has 0 bridgehead atoms. The second-order valence-corrected chi connectivity index (χ2v) is 8.15. The number of hydrogen-bond donors (Lipinski definition) is 1. The molecule has 2 nitrogen and oxygen atoms in total. The Kier molecular flexibility index (Phi) is 5.84. The lowest BCUT2D eigenvalue weighted by molar-refractivity contribution is 0.556. The molecule has 0 aliphatic carbocycles. The highest BCUT2D eigenvalue weighted by Crippen LogP contribution is 2.47. The third kappa shape index (κ3) is 3.32. The summed E-state index contributed by atoms with van der Waals surface area (Å²) in [5.41, 5.74) is 6.89. The number of halogens is 1. The molecule has 0 unspecified atom stereocenters. The molecule has 0 saturated heterocycles. The van der Waals surface area contributed by atoms with Gasteiger partial charge in [-0.15, -0.1) is 0 Å². The number of fused-ring (bicyclic) bond motifs is 3. The van der Waals surface area contributed by atoms with E-state index in [0.717, 1.165) is 0 Å². The summed E-state index contributed by atoms with van der Waals surface area (Å²) in [4.78, 5) is 1.37. The first-order chi connectivity index (χ1) is 11.8. The lowest BCUT2D eigenvalue weighted by Gasteiger charge is -1.96. The van der Waals surface area contributed by atoms with Crippen molar-refractivity contribution in [3.8, 4) is 4.90 Å². The van der Waals surface area contributed by atoms with Gasteiger partial charge in [-0.2, -0.15) is 0 Å². The molecule has 0 atom stereocenters. The highest BCUT2D eigenvalue weighted by atomic mass is 127. The van der Waals surface area contributed by atoms with Gasteiger partial charge in [0.15, 0.2) is 14.3 Å². The number of benzene rings is 3. The summed E-state index contributed by atoms with van der Waals surface area (Å²) in [6.45, 7) is 0.598. The molecule has 0 saturated carbocycles. The lowest BCUT2D eigenvalue weighted by Crippen LogP contribution is -1.94. The number of thiophene rings is 1. The fourth-order valence-electron chi connectivity index (χ4n) is 2.87. The molecule has 122 valence electrons. The van der Waals surface area contributed by atoms with Gasteiger partial charge in [0.2, 0.25) is 0 Å². The second kappa shape index (κ2) is 8.07. The zero-order chi connectivity index (χ0) is 16.9. The van der Waals surface area contributed by atoms with Crippen LogP contribution in [0.3, 0.4) is 0 Å². The Bertz CT molecular complexity index is 894. The molecule has 0 radical (unpaired) electrons. The van der Waals surface area contributed by atoms with Crippen molar-refractivity contribution in [1.82, 2.24) is 0 Å². The van der Waals surface area contributed by atoms with Gasteiger partial charge in [0.25, 0.3) is 0 Å². The number of rotatable bonds is 2. The van der Waals surface area contributed by atoms with E-state index in [2.05, 4.69) is 75.9 Å². The van der Waals surface area contributed by atoms with E-state index in [4.69, 9.17) is 5.73 Å². The third-order valence-electron chi connectivity index (χ3n) is 3.90. The van der Waals surface area contributed by atoms with Gasteiger partial charge in [0, 0.05) is 34.9 Å². The molecule has 0 spiro atoms. The molecule has 0 amide bonds. The third-order valence-corrected chi connectivity index (χ3v) is 6.23. The van der Waals surface area contributed by atoms with E-state index in [1.807, 2.05) is 0 Å². The molecule has 0 aliphatic rings. The molecule has 1 heterocycles. The minimum Gasteiger partial charge on any atom is -0.326 e. The van der Waals surface area contributed by atoms with E-state index in [1.165, 1.54) is 30.6 Å². The summed E-state index contributed by atoms with van der Waals surface area (Å²) >= 11 is 1.79. The largest absolute Gasteiger partial charge is 0.326 e. The van der Waals surface area contributed by atoms with Crippen molar-refractivity contribution < 1.29 is 3.07 Å². The van der Waals surface area contributed by atoms with Crippen molar-refractivity contribution in [3.63, 3.8) is 0 Å². The Morgan fingerprint density at radius 2 is 1.29 bits per heavy atom. The normalized spacial score (nSPS) is 10.6. The quantitative estimate of drug-likeness (QED) is 0.294. The van der Waals surface area contributed by atoms with E-state index in [9.17, 15) is 0 Å². The summed E-state index contributed by atoms with van der Waals surface area (Å²) < 4.78 is 7.08. The van der Waals surface area contributed by atoms with Gasteiger partial charge < -0.3 is 8.80 Å². The zero-order valence-corrected chi connectivity index (χ0v) is 16.4. The Hall–Kier alpha value is -1.47. The first kappa shape index (κ1) is 17.4. The maximum absolute atomic E-state index is 5.71. The van der Waals surface area contributed by atoms with Crippen LogP contribution in [0.25, 0.3) is 25.1 Å². The van der Waals surface area contributed by atoms with Crippen LogP contribution in [0.15, 0.2) is 72.8 Å². The monoisotopic (exact) mass is 448 g/mol. The van der Waals surface area contributed by atoms with Crippen molar-refractivity contribution in [2.75, 3.05) is 7.11 Å². The van der Waals surface area contributed by atoms with E-state index in [-0.39, 0.29) is 10.5 Å². The average Bonchev–Trinajstić information content (AvgIpc) is 2.97. The van der Waals surface area contributed by atoms with Crippen molar-refractivity contribution in [3.05, 3.63) is 78.4 Å². The summed E-state index contributed by atoms with van der Waals surface area (Å²) in [7, 11) is 1.62. The minimum atomic E-state index is 0.00837. The molecule has 3 aromatic carbocycles. The fourth-order valence-corrected chi connectivity index (χ4v) is 5.25. The van der Waals surface area contributed by atoms with Crippen LogP contribution in [0.4, 0.5) is 0 Å². The second-order valence-electron chi connectivity index (χ2n) is 5.30. The predicted octanol–water partition coefficient (Wildman–Crippen LogP) is 6.17. The first-order valence-electron chi connectivity index (χ1n) is 7.66. The van der Waals surface area contributed by atoms with Crippen molar-refractivity contribution in [2.45, 2.75) is 6.54 Å². The van der Waals surface area contributed by atoms with Crippen LogP contribution in [-0.4, -0.2) is 7.11 Å². The van der Waals surface area contributed by atoms with E-state index < -0.39 is 0 Å². The van der Waals surface area contributed by atoms with E-state index in [1.54, 1.807) is 30.1 Å². The standard InChI is InChI=1S/C19H16NS.CH3IO/c20-13-14-9-11-15(12-10-14)21-18-7-3-1-5-16(18)17-6-2-4-8-19(17)21;1-3-2/h1-12H,13,20H2;1H3/q+1;. The maximum atomic E-state index is 5.71. The van der Waals surface area contributed by atoms with Gasteiger partial charge in [-0.05, 0) is 42.0 Å². The maximum Gasteiger partial charge on any atom is 0.187 e. The van der Waals surface area contributed by atoms with Gasteiger partial charge in [0.1, 0.15) is 23.0 Å². The molecule has 24 heavy (non-hydrogen) atoms. The van der Waals surface area contributed by atoms with Crippen molar-refractivity contribution in [2.24, 2.45) is 5.73 Å². The van der Waals surface area contributed by atoms with Crippen LogP contribution in [0.5, 0.6) is 0 Å². The van der Waals surface area contributed by atoms with Gasteiger partial charge in [-0.25, -0.2) is 0 Å². The number of hydrogen-bond acceptors (Lipinski definition) is 2. The molecule has 4 heteroatoms. The topological polar surface area (TPSA) is 35.2 Å². The Morgan fingerprint density at radius 1 is 0.833 bits per heavy atom. The Labute approximate surface area is 158 Å². The van der Waals surface area contributed by atoms with Crippen molar-refractivity contribution in [1.29, 1.82) is 0 Å². The summed E-state index contributed by atoms with van der Waals surface area (Å²) in [5, 5.41) is 2.75. The van der Waals surface area contributed by atoms with Crippen LogP contribution in [0.2, 0.25) is 0 Å². The van der Waals surface area contributed by atoms with Gasteiger partial charge >= 0.3 is 0 Å². The first-order valence-corrected chi connectivity index (χ1v) is 9.77. The molecule has 0 aliphatic heterocycles. The van der Waals surface area contributed by atoms with Gasteiger partial charge in [-0.1, -0.05) is 36.4 Å². The summed E-state index contributed by atoms with van der Waals surface area (Å²) in [6.07, 6.45) is 0.